The van der Waals surface area contributed by atoms with E-state index in [9.17, 15) is 0 Å². The van der Waals surface area contributed by atoms with Crippen LogP contribution in [0.25, 0.3) is 0 Å². The fraction of sp³-hybridized carbons (Fsp3) is 0.294. The van der Waals surface area contributed by atoms with E-state index >= 15 is 0 Å². The zero-order chi connectivity index (χ0) is 13.8. The molecule has 0 radical (unpaired) electrons. The summed E-state index contributed by atoms with van der Waals surface area (Å²) in [6.07, 6.45) is 0. The summed E-state index contributed by atoms with van der Waals surface area (Å²) in [5.74, 6) is 0. The molecule has 19 heavy (non-hydrogen) atoms. The molecule has 0 spiro atoms. The first-order valence-electron chi connectivity index (χ1n) is 6.71. The topological polar surface area (TPSA) is 38.0 Å². The smallest absolute Gasteiger partial charge is 0.0641 e. The van der Waals surface area contributed by atoms with Gasteiger partial charge in [0.15, 0.2) is 0 Å². The highest BCUT2D eigenvalue weighted by Crippen LogP contribution is 2.25. The number of aryl methyl sites for hydroxylation is 3. The number of rotatable bonds is 4. The minimum absolute atomic E-state index is 0.156. The molecular formula is C17H22N2. The lowest BCUT2D eigenvalue weighted by Crippen LogP contribution is -2.22. The van der Waals surface area contributed by atoms with Gasteiger partial charge in [-0.05, 0) is 49.6 Å². The van der Waals surface area contributed by atoms with Crippen LogP contribution in [0.5, 0.6) is 0 Å². The second-order valence-electron chi connectivity index (χ2n) is 5.10. The Balaban J connectivity index is 2.27. The summed E-state index contributed by atoms with van der Waals surface area (Å²) in [6.45, 7) is 6.96. The number of nitrogens with one attached hydrogen (secondary N) is 1. The van der Waals surface area contributed by atoms with E-state index in [1.807, 2.05) is 0 Å². The average molecular weight is 254 g/mol. The van der Waals surface area contributed by atoms with E-state index < -0.39 is 0 Å². The Morgan fingerprint density at radius 1 is 0.947 bits per heavy atom. The van der Waals surface area contributed by atoms with Gasteiger partial charge in [-0.25, -0.2) is 0 Å². The average Bonchev–Trinajstić information content (AvgIpc) is 2.39. The number of benzene rings is 2. The van der Waals surface area contributed by atoms with Crippen LogP contribution in [-0.4, -0.2) is 6.54 Å². The van der Waals surface area contributed by atoms with Crippen molar-refractivity contribution in [2.75, 3.05) is 11.9 Å². The van der Waals surface area contributed by atoms with Crippen molar-refractivity contribution in [1.82, 2.24) is 0 Å². The Hall–Kier alpha value is -1.80. The van der Waals surface area contributed by atoms with Crippen molar-refractivity contribution in [2.45, 2.75) is 26.8 Å². The predicted octanol–water partition coefficient (Wildman–Crippen LogP) is 3.72. The standard InChI is InChI=1S/C17H22N2/c1-12-7-9-15(10-8-12)19-16(11-18)17-13(2)5-4-6-14(17)3/h4-10,16,19H,11,18H2,1-3H3. The second kappa shape index (κ2) is 5.89. The van der Waals surface area contributed by atoms with Gasteiger partial charge in [0, 0.05) is 12.2 Å². The number of anilines is 1. The van der Waals surface area contributed by atoms with Crippen molar-refractivity contribution in [3.05, 3.63) is 64.7 Å². The molecule has 2 aromatic rings. The van der Waals surface area contributed by atoms with Crippen LogP contribution in [-0.2, 0) is 0 Å². The molecule has 0 saturated carbocycles. The van der Waals surface area contributed by atoms with Crippen molar-refractivity contribution in [3.8, 4) is 0 Å². The zero-order valence-electron chi connectivity index (χ0n) is 11.9. The molecular weight excluding hydrogens is 232 g/mol. The van der Waals surface area contributed by atoms with Crippen molar-refractivity contribution in [2.24, 2.45) is 5.73 Å². The van der Waals surface area contributed by atoms with Gasteiger partial charge >= 0.3 is 0 Å². The van der Waals surface area contributed by atoms with E-state index in [1.165, 1.54) is 22.3 Å². The van der Waals surface area contributed by atoms with Gasteiger partial charge in [-0.3, -0.25) is 0 Å². The molecule has 0 amide bonds. The van der Waals surface area contributed by atoms with E-state index in [-0.39, 0.29) is 6.04 Å². The summed E-state index contributed by atoms with van der Waals surface area (Å²) < 4.78 is 0. The van der Waals surface area contributed by atoms with Gasteiger partial charge in [-0.1, -0.05) is 35.9 Å². The van der Waals surface area contributed by atoms with Gasteiger partial charge in [-0.15, -0.1) is 0 Å². The molecule has 2 nitrogen and oxygen atoms in total. The molecule has 100 valence electrons. The van der Waals surface area contributed by atoms with Crippen LogP contribution in [0.4, 0.5) is 5.69 Å². The SMILES string of the molecule is Cc1ccc(NC(CN)c2c(C)cccc2C)cc1. The number of nitrogens with two attached hydrogens (primary N) is 1. The highest BCUT2D eigenvalue weighted by atomic mass is 14.9. The lowest BCUT2D eigenvalue weighted by molar-refractivity contribution is 0.777. The van der Waals surface area contributed by atoms with Crippen molar-refractivity contribution >= 4 is 5.69 Å². The van der Waals surface area contributed by atoms with Crippen molar-refractivity contribution in [3.63, 3.8) is 0 Å². The van der Waals surface area contributed by atoms with Gasteiger partial charge in [0.25, 0.3) is 0 Å². The largest absolute Gasteiger partial charge is 0.377 e. The third-order valence-electron chi connectivity index (χ3n) is 3.52. The van der Waals surface area contributed by atoms with Crippen LogP contribution in [0.2, 0.25) is 0 Å². The molecule has 0 saturated heterocycles. The fourth-order valence-electron chi connectivity index (χ4n) is 2.48. The Kier molecular flexibility index (Phi) is 4.23. The van der Waals surface area contributed by atoms with Crippen LogP contribution in [0.15, 0.2) is 42.5 Å². The quantitative estimate of drug-likeness (QED) is 0.872. The Morgan fingerprint density at radius 3 is 2.05 bits per heavy atom. The molecule has 2 rings (SSSR count). The third-order valence-corrected chi connectivity index (χ3v) is 3.52. The van der Waals surface area contributed by atoms with Crippen LogP contribution >= 0.6 is 0 Å². The first-order valence-corrected chi connectivity index (χ1v) is 6.71. The molecule has 0 heterocycles. The van der Waals surface area contributed by atoms with Gasteiger partial charge < -0.3 is 11.1 Å². The Labute approximate surface area is 115 Å². The van der Waals surface area contributed by atoms with Crippen LogP contribution in [0.1, 0.15) is 28.3 Å². The first kappa shape index (κ1) is 13.6. The molecule has 1 atom stereocenters. The number of hydrogen-bond donors (Lipinski definition) is 2. The lowest BCUT2D eigenvalue weighted by atomic mass is 9.96. The van der Waals surface area contributed by atoms with Gasteiger partial charge in [-0.2, -0.15) is 0 Å². The number of hydrogen-bond acceptors (Lipinski definition) is 2. The summed E-state index contributed by atoms with van der Waals surface area (Å²) in [7, 11) is 0. The minimum Gasteiger partial charge on any atom is -0.377 e. The second-order valence-corrected chi connectivity index (χ2v) is 5.10. The minimum atomic E-state index is 0.156. The molecule has 2 heteroatoms. The maximum Gasteiger partial charge on any atom is 0.0641 e. The fourth-order valence-corrected chi connectivity index (χ4v) is 2.48. The molecule has 0 aliphatic carbocycles. The van der Waals surface area contributed by atoms with Crippen LogP contribution in [0.3, 0.4) is 0 Å². The molecule has 0 bridgehead atoms. The zero-order valence-corrected chi connectivity index (χ0v) is 11.9. The molecule has 0 aliphatic rings. The highest BCUT2D eigenvalue weighted by molar-refractivity contribution is 5.49. The summed E-state index contributed by atoms with van der Waals surface area (Å²) in [4.78, 5) is 0. The molecule has 3 N–H and O–H groups in total. The summed E-state index contributed by atoms with van der Waals surface area (Å²) in [6, 6.07) is 15.0. The third kappa shape index (κ3) is 3.15. The summed E-state index contributed by atoms with van der Waals surface area (Å²) >= 11 is 0. The normalized spacial score (nSPS) is 12.2. The first-order chi connectivity index (χ1) is 9.11. The monoisotopic (exact) mass is 254 g/mol. The molecule has 2 aromatic carbocycles. The van der Waals surface area contributed by atoms with Gasteiger partial charge in [0.1, 0.15) is 0 Å². The van der Waals surface area contributed by atoms with Crippen LogP contribution < -0.4 is 11.1 Å². The van der Waals surface area contributed by atoms with E-state index in [4.69, 9.17) is 5.73 Å². The maximum absolute atomic E-state index is 5.96. The van der Waals surface area contributed by atoms with Gasteiger partial charge in [0.2, 0.25) is 0 Å². The predicted molar refractivity (Wildman–Crippen MR) is 82.5 cm³/mol. The van der Waals surface area contributed by atoms with Gasteiger partial charge in [0.05, 0.1) is 6.04 Å². The maximum atomic E-state index is 5.96. The molecule has 0 fully saturated rings. The lowest BCUT2D eigenvalue weighted by Gasteiger charge is -2.22. The molecule has 0 aliphatic heterocycles. The van der Waals surface area contributed by atoms with Crippen LogP contribution in [0, 0.1) is 20.8 Å². The highest BCUT2D eigenvalue weighted by Gasteiger charge is 2.14. The summed E-state index contributed by atoms with van der Waals surface area (Å²) in [5.41, 5.74) is 12.2. The molecule has 1 unspecified atom stereocenters. The Morgan fingerprint density at radius 2 is 1.53 bits per heavy atom. The Bertz CT molecular complexity index is 523. The summed E-state index contributed by atoms with van der Waals surface area (Å²) in [5, 5.41) is 3.53. The van der Waals surface area contributed by atoms with E-state index in [0.29, 0.717) is 6.54 Å². The van der Waals surface area contributed by atoms with E-state index in [1.54, 1.807) is 0 Å². The van der Waals surface area contributed by atoms with Crippen molar-refractivity contribution in [1.29, 1.82) is 0 Å². The van der Waals surface area contributed by atoms with E-state index in [2.05, 4.69) is 68.6 Å². The van der Waals surface area contributed by atoms with E-state index in [0.717, 1.165) is 5.69 Å². The molecule has 0 aromatic heterocycles. The van der Waals surface area contributed by atoms with Crippen molar-refractivity contribution < 1.29 is 0 Å².